The van der Waals surface area contributed by atoms with Crippen molar-refractivity contribution < 1.29 is 4.57 Å². The molecule has 0 aliphatic carbocycles. The number of nitrogens with zero attached hydrogens (tertiary/aromatic N) is 2. The molecule has 1 aromatic heterocycles. The lowest BCUT2D eigenvalue weighted by molar-refractivity contribution is -0.688. The highest BCUT2D eigenvalue weighted by molar-refractivity contribution is 5.87. The summed E-state index contributed by atoms with van der Waals surface area (Å²) in [7, 11) is 0. The molecule has 1 N–H and O–H groups in total. The Morgan fingerprint density at radius 3 is 3.21 bits per heavy atom. The molecule has 0 bridgehead atoms. The smallest absolute Gasteiger partial charge is 0.232 e. The Morgan fingerprint density at radius 1 is 1.29 bits per heavy atom. The third-order valence-electron chi connectivity index (χ3n) is 2.65. The van der Waals surface area contributed by atoms with Crippen molar-refractivity contribution >= 4 is 16.7 Å². The zero-order valence-electron chi connectivity index (χ0n) is 7.90. The lowest BCUT2D eigenvalue weighted by Gasteiger charge is -2.14. The molecule has 0 radical (unpaired) electrons. The number of aryl methyl sites for hydroxylation is 1. The van der Waals surface area contributed by atoms with Crippen molar-refractivity contribution in [2.24, 2.45) is 0 Å². The summed E-state index contributed by atoms with van der Waals surface area (Å²) in [6, 6.07) is 8.25. The van der Waals surface area contributed by atoms with Crippen LogP contribution < -0.4 is 9.88 Å². The Morgan fingerprint density at radius 2 is 2.21 bits per heavy atom. The normalized spacial score (nSPS) is 14.9. The van der Waals surface area contributed by atoms with Crippen molar-refractivity contribution in [1.82, 2.24) is 4.98 Å². The quantitative estimate of drug-likeness (QED) is 0.629. The second-order valence-corrected chi connectivity index (χ2v) is 3.58. The van der Waals surface area contributed by atoms with E-state index in [0.717, 1.165) is 18.6 Å². The molecule has 14 heavy (non-hydrogen) atoms. The molecule has 1 aliphatic heterocycles. The second kappa shape index (κ2) is 2.94. The highest BCUT2D eigenvalue weighted by atomic mass is 15.2. The van der Waals surface area contributed by atoms with E-state index >= 15 is 0 Å². The molecule has 0 fully saturated rings. The Kier molecular flexibility index (Phi) is 1.63. The largest absolute Gasteiger partial charge is 0.305 e. The van der Waals surface area contributed by atoms with Gasteiger partial charge in [-0.15, -0.1) is 4.98 Å². The molecule has 0 atom stereocenters. The number of hydrogen-bond donors (Lipinski definition) is 1. The number of nitrogens with one attached hydrogen (secondary N) is 1. The van der Waals surface area contributed by atoms with Gasteiger partial charge in [-0.05, 0) is 12.1 Å². The maximum absolute atomic E-state index is 4.42. The van der Waals surface area contributed by atoms with Crippen LogP contribution in [0.15, 0.2) is 30.6 Å². The number of para-hydroxylation sites is 1. The molecule has 3 rings (SSSR count). The van der Waals surface area contributed by atoms with E-state index in [4.69, 9.17) is 0 Å². The van der Waals surface area contributed by atoms with Gasteiger partial charge in [0.25, 0.3) is 0 Å². The molecule has 0 amide bonds. The number of benzene rings is 1. The molecule has 0 spiro atoms. The molecular formula is C11H12N3+. The lowest BCUT2D eigenvalue weighted by Crippen LogP contribution is -2.42. The van der Waals surface area contributed by atoms with Crippen LogP contribution in [0.4, 0.5) is 5.82 Å². The van der Waals surface area contributed by atoms with Gasteiger partial charge in [0.15, 0.2) is 5.52 Å². The van der Waals surface area contributed by atoms with Crippen LogP contribution in [0.25, 0.3) is 10.9 Å². The second-order valence-electron chi connectivity index (χ2n) is 3.58. The molecule has 2 aromatic rings. The molecule has 3 heteroatoms. The minimum atomic E-state index is 1.06. The van der Waals surface area contributed by atoms with E-state index in [1.165, 1.54) is 17.6 Å². The van der Waals surface area contributed by atoms with E-state index in [2.05, 4.69) is 27.0 Å². The third-order valence-corrected chi connectivity index (χ3v) is 2.65. The first kappa shape index (κ1) is 7.74. The lowest BCUT2D eigenvalue weighted by atomic mass is 10.2. The van der Waals surface area contributed by atoms with Crippen LogP contribution in [0.2, 0.25) is 0 Å². The zero-order chi connectivity index (χ0) is 9.38. The Bertz CT molecular complexity index is 479. The number of hydrogen-bond acceptors (Lipinski definition) is 2. The minimum absolute atomic E-state index is 1.06. The standard InChI is InChI=1S/C11H11N3/c1-2-5-10-9(4-1)11-12-6-3-7-14(11)8-13-10/h1-2,4-5,8H,3,6-7H2/p+1. The van der Waals surface area contributed by atoms with Crippen LogP contribution >= 0.6 is 0 Å². The molecule has 0 saturated carbocycles. The summed E-state index contributed by atoms with van der Waals surface area (Å²) in [6.07, 6.45) is 3.10. The molecule has 3 nitrogen and oxygen atoms in total. The van der Waals surface area contributed by atoms with Crippen LogP contribution in [-0.2, 0) is 6.54 Å². The predicted octanol–water partition coefficient (Wildman–Crippen LogP) is 1.34. The van der Waals surface area contributed by atoms with E-state index in [9.17, 15) is 0 Å². The average molecular weight is 186 g/mol. The maximum Gasteiger partial charge on any atom is 0.232 e. The van der Waals surface area contributed by atoms with Gasteiger partial charge in [0.1, 0.15) is 0 Å². The van der Waals surface area contributed by atoms with Crippen molar-refractivity contribution in [1.29, 1.82) is 0 Å². The molecule has 1 aliphatic rings. The first-order valence-electron chi connectivity index (χ1n) is 4.96. The summed E-state index contributed by atoms with van der Waals surface area (Å²) in [5.74, 6) is 1.21. The van der Waals surface area contributed by atoms with Crippen LogP contribution in [0.3, 0.4) is 0 Å². The molecule has 1 aromatic carbocycles. The summed E-state index contributed by atoms with van der Waals surface area (Å²) in [5, 5.41) is 4.65. The fraction of sp³-hybridized carbons (Fsp3) is 0.273. The van der Waals surface area contributed by atoms with Crippen LogP contribution in [0.5, 0.6) is 0 Å². The minimum Gasteiger partial charge on any atom is -0.305 e. The van der Waals surface area contributed by atoms with Gasteiger partial charge in [0.2, 0.25) is 12.1 Å². The molecule has 2 heterocycles. The molecule has 70 valence electrons. The van der Waals surface area contributed by atoms with Crippen LogP contribution in [-0.4, -0.2) is 11.5 Å². The average Bonchev–Trinajstić information content (AvgIpc) is 2.29. The van der Waals surface area contributed by atoms with Gasteiger partial charge in [0, 0.05) is 6.42 Å². The third kappa shape index (κ3) is 1.05. The van der Waals surface area contributed by atoms with E-state index in [1.54, 1.807) is 0 Å². The summed E-state index contributed by atoms with van der Waals surface area (Å²) in [5.41, 5.74) is 1.06. The summed E-state index contributed by atoms with van der Waals surface area (Å²) < 4.78 is 2.19. The van der Waals surface area contributed by atoms with Gasteiger partial charge in [-0.3, -0.25) is 0 Å². The van der Waals surface area contributed by atoms with E-state index in [-0.39, 0.29) is 0 Å². The molecule has 0 unspecified atom stereocenters. The number of rotatable bonds is 0. The number of fused-ring (bicyclic) bond motifs is 3. The Balaban J connectivity index is 2.34. The SMILES string of the molecule is c1ccc2c3[n+](cnc2c1)CCCN3. The van der Waals surface area contributed by atoms with Gasteiger partial charge < -0.3 is 5.32 Å². The number of aromatic nitrogens is 2. The molecule has 0 saturated heterocycles. The number of anilines is 1. The van der Waals surface area contributed by atoms with Crippen LogP contribution in [0, 0.1) is 0 Å². The van der Waals surface area contributed by atoms with Gasteiger partial charge in [0.05, 0.1) is 18.5 Å². The molecular weight excluding hydrogens is 174 g/mol. The van der Waals surface area contributed by atoms with Crippen molar-refractivity contribution in [2.45, 2.75) is 13.0 Å². The fourth-order valence-electron chi connectivity index (χ4n) is 1.95. The van der Waals surface area contributed by atoms with Gasteiger partial charge in [-0.2, -0.15) is 0 Å². The first-order valence-corrected chi connectivity index (χ1v) is 4.96. The highest BCUT2D eigenvalue weighted by Crippen LogP contribution is 2.18. The van der Waals surface area contributed by atoms with Crippen molar-refractivity contribution in [2.75, 3.05) is 11.9 Å². The Hall–Kier alpha value is -1.64. The van der Waals surface area contributed by atoms with Crippen molar-refractivity contribution in [3.8, 4) is 0 Å². The van der Waals surface area contributed by atoms with Gasteiger partial charge >= 0.3 is 0 Å². The summed E-state index contributed by atoms with van der Waals surface area (Å²) in [4.78, 5) is 4.42. The predicted molar refractivity (Wildman–Crippen MR) is 55.0 cm³/mol. The van der Waals surface area contributed by atoms with Crippen molar-refractivity contribution in [3.63, 3.8) is 0 Å². The Labute approximate surface area is 82.4 Å². The first-order chi connectivity index (χ1) is 6.95. The zero-order valence-corrected chi connectivity index (χ0v) is 7.90. The summed E-state index contributed by atoms with van der Waals surface area (Å²) >= 11 is 0. The maximum atomic E-state index is 4.42. The topological polar surface area (TPSA) is 28.8 Å². The van der Waals surface area contributed by atoms with E-state index < -0.39 is 0 Å². The van der Waals surface area contributed by atoms with E-state index in [1.807, 2.05) is 18.5 Å². The van der Waals surface area contributed by atoms with Crippen LogP contribution in [0.1, 0.15) is 6.42 Å². The summed E-state index contributed by atoms with van der Waals surface area (Å²) in [6.45, 7) is 2.13. The van der Waals surface area contributed by atoms with Gasteiger partial charge in [-0.25, -0.2) is 4.57 Å². The fourth-order valence-corrected chi connectivity index (χ4v) is 1.95. The van der Waals surface area contributed by atoms with Gasteiger partial charge in [-0.1, -0.05) is 12.1 Å². The monoisotopic (exact) mass is 186 g/mol. The highest BCUT2D eigenvalue weighted by Gasteiger charge is 2.16. The van der Waals surface area contributed by atoms with Crippen molar-refractivity contribution in [3.05, 3.63) is 30.6 Å². The van der Waals surface area contributed by atoms with E-state index in [0.29, 0.717) is 0 Å².